The van der Waals surface area contributed by atoms with Gasteiger partial charge in [0, 0.05) is 25.7 Å². The van der Waals surface area contributed by atoms with Gasteiger partial charge in [0.25, 0.3) is 0 Å². The molecule has 3 heteroatoms. The summed E-state index contributed by atoms with van der Waals surface area (Å²) >= 11 is 0. The third-order valence-electron chi connectivity index (χ3n) is 4.33. The smallest absolute Gasteiger partial charge is 0.165 e. The van der Waals surface area contributed by atoms with Gasteiger partial charge in [-0.05, 0) is 38.5 Å². The Labute approximate surface area is 110 Å². The van der Waals surface area contributed by atoms with Gasteiger partial charge >= 0.3 is 0 Å². The van der Waals surface area contributed by atoms with Crippen LogP contribution in [0.15, 0.2) is 0 Å². The number of hydrogen-bond acceptors (Lipinski definition) is 3. The maximum absolute atomic E-state index is 12.6. The van der Waals surface area contributed by atoms with Crippen LogP contribution in [-0.2, 0) is 14.3 Å². The van der Waals surface area contributed by atoms with Crippen LogP contribution >= 0.6 is 0 Å². The van der Waals surface area contributed by atoms with Crippen LogP contribution in [0.25, 0.3) is 0 Å². The average molecular weight is 254 g/mol. The van der Waals surface area contributed by atoms with E-state index in [0.29, 0.717) is 18.3 Å². The normalized spacial score (nSPS) is 24.9. The van der Waals surface area contributed by atoms with Gasteiger partial charge in [0.05, 0.1) is 0 Å². The molecule has 1 atom stereocenters. The highest BCUT2D eigenvalue weighted by Gasteiger charge is 2.34. The minimum Gasteiger partial charge on any atom is -0.381 e. The first-order chi connectivity index (χ1) is 8.83. The van der Waals surface area contributed by atoms with Gasteiger partial charge in [0.15, 0.2) is 5.78 Å². The Morgan fingerprint density at radius 2 is 1.83 bits per heavy atom. The monoisotopic (exact) mass is 254 g/mol. The Balaban J connectivity index is 1.96. The topological polar surface area (TPSA) is 35.5 Å². The molecule has 0 bridgehead atoms. The highest BCUT2D eigenvalue weighted by molar-refractivity contribution is 5.85. The van der Waals surface area contributed by atoms with Crippen molar-refractivity contribution in [3.05, 3.63) is 0 Å². The SMILES string of the molecule is CCOC(C(=O)C1CCOCC1)C1CCCCC1. The summed E-state index contributed by atoms with van der Waals surface area (Å²) in [7, 11) is 0. The van der Waals surface area contributed by atoms with Gasteiger partial charge in [-0.15, -0.1) is 0 Å². The van der Waals surface area contributed by atoms with E-state index >= 15 is 0 Å². The maximum Gasteiger partial charge on any atom is 0.165 e. The van der Waals surface area contributed by atoms with Gasteiger partial charge in [0.2, 0.25) is 0 Å². The Kier molecular flexibility index (Phi) is 5.64. The van der Waals surface area contributed by atoms with Crippen molar-refractivity contribution in [2.45, 2.75) is 58.0 Å². The van der Waals surface area contributed by atoms with Crippen molar-refractivity contribution in [1.82, 2.24) is 0 Å². The molecule has 0 aromatic heterocycles. The molecule has 0 N–H and O–H groups in total. The summed E-state index contributed by atoms with van der Waals surface area (Å²) < 4.78 is 11.1. The molecule has 2 rings (SSSR count). The zero-order valence-electron chi connectivity index (χ0n) is 11.5. The Morgan fingerprint density at radius 1 is 1.17 bits per heavy atom. The summed E-state index contributed by atoms with van der Waals surface area (Å²) in [5, 5.41) is 0. The van der Waals surface area contributed by atoms with Crippen LogP contribution in [-0.4, -0.2) is 31.7 Å². The van der Waals surface area contributed by atoms with E-state index < -0.39 is 0 Å². The fraction of sp³-hybridized carbons (Fsp3) is 0.933. The van der Waals surface area contributed by atoms with Crippen molar-refractivity contribution >= 4 is 5.78 Å². The lowest BCUT2D eigenvalue weighted by Crippen LogP contribution is -2.39. The molecule has 1 aliphatic heterocycles. The molecule has 3 nitrogen and oxygen atoms in total. The van der Waals surface area contributed by atoms with E-state index in [0.717, 1.165) is 26.1 Å². The first-order valence-electron chi connectivity index (χ1n) is 7.56. The van der Waals surface area contributed by atoms with Crippen molar-refractivity contribution < 1.29 is 14.3 Å². The van der Waals surface area contributed by atoms with Crippen LogP contribution in [0.1, 0.15) is 51.9 Å². The second-order valence-electron chi connectivity index (χ2n) is 5.56. The van der Waals surface area contributed by atoms with Crippen molar-refractivity contribution in [3.8, 4) is 0 Å². The molecule has 1 saturated carbocycles. The van der Waals surface area contributed by atoms with E-state index in [4.69, 9.17) is 9.47 Å². The average Bonchev–Trinajstić information content (AvgIpc) is 2.46. The molecule has 0 spiro atoms. The minimum atomic E-state index is -0.140. The van der Waals surface area contributed by atoms with Crippen molar-refractivity contribution in [1.29, 1.82) is 0 Å². The van der Waals surface area contributed by atoms with Crippen molar-refractivity contribution in [3.63, 3.8) is 0 Å². The molecule has 0 radical (unpaired) electrons. The number of Topliss-reactive ketones (excluding diaryl/α,β-unsaturated/α-hetero) is 1. The maximum atomic E-state index is 12.6. The predicted octanol–water partition coefficient (Wildman–Crippen LogP) is 2.97. The summed E-state index contributed by atoms with van der Waals surface area (Å²) in [4.78, 5) is 12.6. The summed E-state index contributed by atoms with van der Waals surface area (Å²) in [6.07, 6.45) is 7.80. The zero-order chi connectivity index (χ0) is 12.8. The van der Waals surface area contributed by atoms with E-state index in [2.05, 4.69) is 0 Å². The molecular formula is C15H26O3. The van der Waals surface area contributed by atoms with Crippen LogP contribution in [0, 0.1) is 11.8 Å². The van der Waals surface area contributed by atoms with Crippen molar-refractivity contribution in [2.75, 3.05) is 19.8 Å². The predicted molar refractivity (Wildman–Crippen MR) is 70.5 cm³/mol. The molecule has 1 unspecified atom stereocenters. The number of ketones is 1. The fourth-order valence-electron chi connectivity index (χ4n) is 3.28. The van der Waals surface area contributed by atoms with Crippen LogP contribution < -0.4 is 0 Å². The standard InChI is InChI=1S/C15H26O3/c1-2-18-15(13-6-4-3-5-7-13)14(16)12-8-10-17-11-9-12/h12-13,15H,2-11H2,1H3. The molecule has 1 aliphatic carbocycles. The second kappa shape index (κ2) is 7.25. The summed E-state index contributed by atoms with van der Waals surface area (Å²) in [5.41, 5.74) is 0. The highest BCUT2D eigenvalue weighted by Crippen LogP contribution is 2.31. The lowest BCUT2D eigenvalue weighted by Gasteiger charge is -2.32. The second-order valence-corrected chi connectivity index (χ2v) is 5.56. The number of ether oxygens (including phenoxy) is 2. The lowest BCUT2D eigenvalue weighted by molar-refractivity contribution is -0.141. The van der Waals surface area contributed by atoms with E-state index in [1.54, 1.807) is 0 Å². The first-order valence-corrected chi connectivity index (χ1v) is 7.56. The van der Waals surface area contributed by atoms with Gasteiger partial charge in [0.1, 0.15) is 6.10 Å². The minimum absolute atomic E-state index is 0.140. The number of carbonyl (C=O) groups is 1. The molecule has 1 heterocycles. The third-order valence-corrected chi connectivity index (χ3v) is 4.33. The fourth-order valence-corrected chi connectivity index (χ4v) is 3.28. The van der Waals surface area contributed by atoms with Gasteiger partial charge < -0.3 is 9.47 Å². The quantitative estimate of drug-likeness (QED) is 0.756. The molecule has 18 heavy (non-hydrogen) atoms. The highest BCUT2D eigenvalue weighted by atomic mass is 16.5. The Hall–Kier alpha value is -0.410. The lowest BCUT2D eigenvalue weighted by atomic mass is 9.80. The summed E-state index contributed by atoms with van der Waals surface area (Å²) in [6.45, 7) is 4.11. The van der Waals surface area contributed by atoms with Crippen LogP contribution in [0.4, 0.5) is 0 Å². The number of carbonyl (C=O) groups excluding carboxylic acids is 1. The van der Waals surface area contributed by atoms with Crippen LogP contribution in [0.5, 0.6) is 0 Å². The molecule has 0 aromatic rings. The van der Waals surface area contributed by atoms with E-state index in [-0.39, 0.29) is 12.0 Å². The summed E-state index contributed by atoms with van der Waals surface area (Å²) in [5.74, 6) is 0.998. The largest absolute Gasteiger partial charge is 0.381 e. The van der Waals surface area contributed by atoms with E-state index in [1.807, 2.05) is 6.92 Å². The van der Waals surface area contributed by atoms with Gasteiger partial charge in [-0.3, -0.25) is 4.79 Å². The molecule has 2 aliphatic rings. The Bertz CT molecular complexity index is 252. The zero-order valence-corrected chi connectivity index (χ0v) is 11.5. The molecule has 0 amide bonds. The third kappa shape index (κ3) is 3.55. The van der Waals surface area contributed by atoms with E-state index in [1.165, 1.54) is 32.1 Å². The van der Waals surface area contributed by atoms with Gasteiger partial charge in [-0.1, -0.05) is 19.3 Å². The van der Waals surface area contributed by atoms with Gasteiger partial charge in [-0.25, -0.2) is 0 Å². The van der Waals surface area contributed by atoms with Crippen LogP contribution in [0.2, 0.25) is 0 Å². The molecule has 1 saturated heterocycles. The molecule has 0 aromatic carbocycles. The molecular weight excluding hydrogens is 228 g/mol. The molecule has 104 valence electrons. The molecule has 2 fully saturated rings. The number of rotatable bonds is 5. The van der Waals surface area contributed by atoms with Gasteiger partial charge in [-0.2, -0.15) is 0 Å². The van der Waals surface area contributed by atoms with E-state index in [9.17, 15) is 4.79 Å². The number of hydrogen-bond donors (Lipinski definition) is 0. The Morgan fingerprint density at radius 3 is 2.44 bits per heavy atom. The van der Waals surface area contributed by atoms with Crippen LogP contribution in [0.3, 0.4) is 0 Å². The summed E-state index contributed by atoms with van der Waals surface area (Å²) in [6, 6.07) is 0. The van der Waals surface area contributed by atoms with Crippen molar-refractivity contribution in [2.24, 2.45) is 11.8 Å². The first kappa shape index (κ1) is 14.0.